The lowest BCUT2D eigenvalue weighted by atomic mass is 9.95. The summed E-state index contributed by atoms with van der Waals surface area (Å²) < 4.78 is 0.835. The maximum atomic E-state index is 12.5. The molecule has 1 saturated carbocycles. The van der Waals surface area contributed by atoms with Gasteiger partial charge in [-0.1, -0.05) is 11.6 Å². The van der Waals surface area contributed by atoms with Crippen molar-refractivity contribution in [2.75, 3.05) is 26.2 Å². The fourth-order valence-corrected chi connectivity index (χ4v) is 4.09. The summed E-state index contributed by atoms with van der Waals surface area (Å²) in [7, 11) is 0. The molecule has 1 unspecified atom stereocenters. The molecule has 1 aromatic rings. The Morgan fingerprint density at radius 2 is 2.05 bits per heavy atom. The second-order valence-electron chi connectivity index (χ2n) is 6.33. The van der Waals surface area contributed by atoms with E-state index in [1.54, 1.807) is 11.3 Å². The Morgan fingerprint density at radius 1 is 1.38 bits per heavy atom. The van der Waals surface area contributed by atoms with E-state index in [0.717, 1.165) is 49.9 Å². The number of amides is 1. The lowest BCUT2D eigenvalue weighted by molar-refractivity contribution is -0.139. The maximum absolute atomic E-state index is 12.5. The topological polar surface area (TPSA) is 49.6 Å². The molecule has 0 spiro atoms. The van der Waals surface area contributed by atoms with Gasteiger partial charge in [0.25, 0.3) is 0 Å². The summed E-state index contributed by atoms with van der Waals surface area (Å²) in [5, 5.41) is 0. The molecule has 1 atom stereocenters. The van der Waals surface area contributed by atoms with Crippen LogP contribution in [-0.4, -0.2) is 47.4 Å². The van der Waals surface area contributed by atoms with Crippen LogP contribution >= 0.6 is 22.9 Å². The van der Waals surface area contributed by atoms with E-state index in [4.69, 9.17) is 17.3 Å². The molecule has 1 saturated heterocycles. The molecule has 116 valence electrons. The number of nitrogens with two attached hydrogens (primary N) is 1. The Bertz CT molecular complexity index is 519. The van der Waals surface area contributed by atoms with Crippen LogP contribution in [0.4, 0.5) is 0 Å². The molecule has 3 rings (SSSR count). The molecule has 2 aliphatic rings. The van der Waals surface area contributed by atoms with Gasteiger partial charge in [0.15, 0.2) is 0 Å². The lowest BCUT2D eigenvalue weighted by Crippen LogP contribution is -2.59. The third kappa shape index (κ3) is 3.42. The third-order valence-electron chi connectivity index (χ3n) is 4.55. The summed E-state index contributed by atoms with van der Waals surface area (Å²) in [6.45, 7) is 6.17. The van der Waals surface area contributed by atoms with Crippen LogP contribution in [-0.2, 0) is 11.3 Å². The van der Waals surface area contributed by atoms with E-state index in [2.05, 4.69) is 11.0 Å². The van der Waals surface area contributed by atoms with Crippen molar-refractivity contribution >= 4 is 28.8 Å². The Kier molecular flexibility index (Phi) is 4.28. The monoisotopic (exact) mass is 327 g/mol. The van der Waals surface area contributed by atoms with Crippen molar-refractivity contribution in [1.82, 2.24) is 9.80 Å². The van der Waals surface area contributed by atoms with E-state index in [1.165, 1.54) is 4.88 Å². The average molecular weight is 328 g/mol. The van der Waals surface area contributed by atoms with E-state index in [-0.39, 0.29) is 5.91 Å². The Balaban J connectivity index is 1.51. The van der Waals surface area contributed by atoms with Gasteiger partial charge in [0.05, 0.1) is 9.88 Å². The zero-order valence-electron chi connectivity index (χ0n) is 12.3. The fourth-order valence-electron chi connectivity index (χ4n) is 2.96. The quantitative estimate of drug-likeness (QED) is 0.922. The molecular weight excluding hydrogens is 306 g/mol. The summed E-state index contributed by atoms with van der Waals surface area (Å²) in [6, 6.07) is 4.02. The number of piperazine rings is 1. The Morgan fingerprint density at radius 3 is 2.57 bits per heavy atom. The molecule has 2 N–H and O–H groups in total. The van der Waals surface area contributed by atoms with Crippen molar-refractivity contribution < 1.29 is 4.79 Å². The molecule has 0 aromatic carbocycles. The molecule has 2 heterocycles. The number of hydrogen-bond donors (Lipinski definition) is 1. The second kappa shape index (κ2) is 5.88. The third-order valence-corrected chi connectivity index (χ3v) is 5.77. The van der Waals surface area contributed by atoms with Gasteiger partial charge in [-0.05, 0) is 37.8 Å². The van der Waals surface area contributed by atoms with Crippen molar-refractivity contribution in [2.45, 2.75) is 31.8 Å². The van der Waals surface area contributed by atoms with Crippen molar-refractivity contribution in [2.24, 2.45) is 11.7 Å². The van der Waals surface area contributed by atoms with Crippen LogP contribution < -0.4 is 5.73 Å². The average Bonchev–Trinajstić information content (AvgIpc) is 3.24. The predicted octanol–water partition coefficient (Wildman–Crippen LogP) is 2.17. The van der Waals surface area contributed by atoms with Crippen molar-refractivity contribution in [3.05, 3.63) is 21.3 Å². The molecule has 0 radical (unpaired) electrons. The predicted molar refractivity (Wildman–Crippen MR) is 86.5 cm³/mol. The van der Waals surface area contributed by atoms with E-state index in [9.17, 15) is 4.79 Å². The number of carbonyl (C=O) groups is 1. The molecule has 0 bridgehead atoms. The summed E-state index contributed by atoms with van der Waals surface area (Å²) in [5.41, 5.74) is 5.58. The molecule has 1 aliphatic carbocycles. The van der Waals surface area contributed by atoms with Gasteiger partial charge < -0.3 is 10.6 Å². The molecule has 1 aliphatic heterocycles. The number of thiophene rings is 1. The van der Waals surface area contributed by atoms with Crippen molar-refractivity contribution in [3.63, 3.8) is 0 Å². The molecule has 4 nitrogen and oxygen atoms in total. The highest BCUT2D eigenvalue weighted by Crippen LogP contribution is 2.39. The van der Waals surface area contributed by atoms with Crippen LogP contribution in [0.5, 0.6) is 0 Å². The zero-order chi connectivity index (χ0) is 15.0. The van der Waals surface area contributed by atoms with Crippen molar-refractivity contribution in [1.29, 1.82) is 0 Å². The maximum Gasteiger partial charge on any atom is 0.242 e. The molecule has 1 amide bonds. The van der Waals surface area contributed by atoms with E-state index < -0.39 is 5.54 Å². The minimum absolute atomic E-state index is 0.129. The highest BCUT2D eigenvalue weighted by molar-refractivity contribution is 7.16. The molecule has 2 fully saturated rings. The smallest absolute Gasteiger partial charge is 0.242 e. The van der Waals surface area contributed by atoms with Gasteiger partial charge >= 0.3 is 0 Å². The van der Waals surface area contributed by atoms with E-state index in [0.29, 0.717) is 5.92 Å². The van der Waals surface area contributed by atoms with E-state index in [1.807, 2.05) is 17.9 Å². The van der Waals surface area contributed by atoms with Crippen LogP contribution in [0.15, 0.2) is 12.1 Å². The van der Waals surface area contributed by atoms with Crippen LogP contribution in [0.2, 0.25) is 4.34 Å². The number of nitrogens with zero attached hydrogens (tertiary/aromatic N) is 2. The Labute approximate surface area is 134 Å². The number of hydrogen-bond acceptors (Lipinski definition) is 4. The largest absolute Gasteiger partial charge is 0.339 e. The van der Waals surface area contributed by atoms with Gasteiger partial charge in [0.1, 0.15) is 0 Å². The highest BCUT2D eigenvalue weighted by atomic mass is 35.5. The lowest BCUT2D eigenvalue weighted by Gasteiger charge is -2.38. The number of halogens is 1. The molecule has 6 heteroatoms. The van der Waals surface area contributed by atoms with Crippen LogP contribution in [0.3, 0.4) is 0 Å². The minimum Gasteiger partial charge on any atom is -0.339 e. The minimum atomic E-state index is -0.663. The first kappa shape index (κ1) is 15.3. The summed E-state index contributed by atoms with van der Waals surface area (Å²) in [5.74, 6) is 0.514. The van der Waals surface area contributed by atoms with Gasteiger partial charge in [-0.3, -0.25) is 9.69 Å². The first-order valence-electron chi connectivity index (χ1n) is 7.51. The van der Waals surface area contributed by atoms with Gasteiger partial charge in [0.2, 0.25) is 5.91 Å². The first-order valence-corrected chi connectivity index (χ1v) is 8.71. The van der Waals surface area contributed by atoms with Gasteiger partial charge in [0, 0.05) is 37.6 Å². The second-order valence-corrected chi connectivity index (χ2v) is 8.13. The Hall–Kier alpha value is -0.620. The van der Waals surface area contributed by atoms with Crippen LogP contribution in [0, 0.1) is 5.92 Å². The van der Waals surface area contributed by atoms with Gasteiger partial charge in [-0.25, -0.2) is 0 Å². The summed E-state index contributed by atoms with van der Waals surface area (Å²) in [6.07, 6.45) is 2.19. The van der Waals surface area contributed by atoms with E-state index >= 15 is 0 Å². The molecular formula is C15H22ClN3OS. The fraction of sp³-hybridized carbons (Fsp3) is 0.667. The summed E-state index contributed by atoms with van der Waals surface area (Å²) in [4.78, 5) is 18.1. The van der Waals surface area contributed by atoms with Crippen LogP contribution in [0.1, 0.15) is 24.6 Å². The standard InChI is InChI=1S/C15H22ClN3OS/c1-15(17,11-2-3-11)14(20)19-8-6-18(7-9-19)10-12-4-5-13(16)21-12/h4-5,11H,2-3,6-10,17H2,1H3. The molecule has 21 heavy (non-hydrogen) atoms. The van der Waals surface area contributed by atoms with Crippen LogP contribution in [0.25, 0.3) is 0 Å². The van der Waals surface area contributed by atoms with Gasteiger partial charge in [-0.2, -0.15) is 0 Å². The number of carbonyl (C=O) groups excluding carboxylic acids is 1. The van der Waals surface area contributed by atoms with Gasteiger partial charge in [-0.15, -0.1) is 11.3 Å². The molecule has 1 aromatic heterocycles. The van der Waals surface area contributed by atoms with Crippen molar-refractivity contribution in [3.8, 4) is 0 Å². The summed E-state index contributed by atoms with van der Waals surface area (Å²) >= 11 is 7.59. The number of rotatable bonds is 4. The highest BCUT2D eigenvalue weighted by Gasteiger charge is 2.46. The SMILES string of the molecule is CC(N)(C(=O)N1CCN(Cc2ccc(Cl)s2)CC1)C1CC1. The first-order chi connectivity index (χ1) is 9.96. The normalized spacial score (nSPS) is 23.1. The zero-order valence-corrected chi connectivity index (χ0v) is 13.9.